The molecule has 126 valence electrons. The first kappa shape index (κ1) is 16.6. The highest BCUT2D eigenvalue weighted by Crippen LogP contribution is 2.43. The van der Waals surface area contributed by atoms with Gasteiger partial charge in [-0.15, -0.1) is 0 Å². The van der Waals surface area contributed by atoms with Crippen LogP contribution in [-0.2, 0) is 5.54 Å². The zero-order chi connectivity index (χ0) is 17.6. The van der Waals surface area contributed by atoms with Gasteiger partial charge in [-0.3, -0.25) is 0 Å². The third kappa shape index (κ3) is 2.49. The molecule has 0 atom stereocenters. The van der Waals surface area contributed by atoms with Crippen molar-refractivity contribution >= 4 is 28.5 Å². The molecule has 0 aliphatic carbocycles. The molecule has 0 bridgehead atoms. The Kier molecular flexibility index (Phi) is 3.92. The fraction of sp³-hybridized carbons (Fsp3) is 0.333. The van der Waals surface area contributed by atoms with Gasteiger partial charge < -0.3 is 15.0 Å². The molecule has 24 heavy (non-hydrogen) atoms. The Morgan fingerprint density at radius 1 is 1.21 bits per heavy atom. The summed E-state index contributed by atoms with van der Waals surface area (Å²) in [4.78, 5) is 8.60. The molecule has 2 N–H and O–H groups in total. The van der Waals surface area contributed by atoms with Crippen LogP contribution in [0.2, 0.25) is 5.15 Å². The predicted molar refractivity (Wildman–Crippen MR) is 98.7 cm³/mol. The van der Waals surface area contributed by atoms with Gasteiger partial charge in [-0.2, -0.15) is 0 Å². The standard InChI is InChI=1S/C18H21ClN4O/c1-10-8-11(24-5)6-7-12(10)13-14-16(20)21-9-22-17(14)23(15(13)19)18(2,3)4/h6-9H,1-5H3,(H2,20,21,22). The lowest BCUT2D eigenvalue weighted by atomic mass is 10.0. The number of aryl methyl sites for hydroxylation is 1. The first-order chi connectivity index (χ1) is 11.3. The number of anilines is 1. The Bertz CT molecular complexity index is 925. The molecule has 3 aromatic rings. The van der Waals surface area contributed by atoms with E-state index < -0.39 is 0 Å². The maximum absolute atomic E-state index is 6.80. The van der Waals surface area contributed by atoms with E-state index in [0.717, 1.165) is 33.5 Å². The van der Waals surface area contributed by atoms with E-state index in [1.165, 1.54) is 6.33 Å². The minimum atomic E-state index is -0.241. The molecular formula is C18H21ClN4O. The molecule has 0 saturated heterocycles. The van der Waals surface area contributed by atoms with Gasteiger partial charge in [0.2, 0.25) is 0 Å². The van der Waals surface area contributed by atoms with Crippen LogP contribution < -0.4 is 10.5 Å². The average molecular weight is 345 g/mol. The molecule has 0 radical (unpaired) electrons. The second-order valence-electron chi connectivity index (χ2n) is 6.81. The summed E-state index contributed by atoms with van der Waals surface area (Å²) in [6.07, 6.45) is 1.47. The van der Waals surface area contributed by atoms with E-state index in [-0.39, 0.29) is 5.54 Å². The number of ether oxygens (including phenoxy) is 1. The van der Waals surface area contributed by atoms with Gasteiger partial charge in [0.05, 0.1) is 12.5 Å². The van der Waals surface area contributed by atoms with Gasteiger partial charge in [-0.1, -0.05) is 17.7 Å². The van der Waals surface area contributed by atoms with Crippen LogP contribution in [0.3, 0.4) is 0 Å². The zero-order valence-corrected chi connectivity index (χ0v) is 15.3. The van der Waals surface area contributed by atoms with Crippen molar-refractivity contribution < 1.29 is 4.74 Å². The SMILES string of the molecule is COc1ccc(-c2c(Cl)n(C(C)(C)C)c3ncnc(N)c23)c(C)c1. The number of rotatable bonds is 2. The smallest absolute Gasteiger partial charge is 0.147 e. The number of halogens is 1. The second kappa shape index (κ2) is 5.67. The summed E-state index contributed by atoms with van der Waals surface area (Å²) in [7, 11) is 1.65. The zero-order valence-electron chi connectivity index (χ0n) is 14.5. The fourth-order valence-corrected chi connectivity index (χ4v) is 3.54. The van der Waals surface area contributed by atoms with Crippen molar-refractivity contribution in [2.75, 3.05) is 12.8 Å². The van der Waals surface area contributed by atoms with Crippen molar-refractivity contribution in [1.29, 1.82) is 0 Å². The number of hydrogen-bond acceptors (Lipinski definition) is 4. The number of fused-ring (bicyclic) bond motifs is 1. The second-order valence-corrected chi connectivity index (χ2v) is 7.17. The maximum atomic E-state index is 6.80. The lowest BCUT2D eigenvalue weighted by Crippen LogP contribution is -2.22. The Morgan fingerprint density at radius 2 is 1.92 bits per heavy atom. The van der Waals surface area contributed by atoms with E-state index in [1.54, 1.807) is 7.11 Å². The minimum absolute atomic E-state index is 0.241. The third-order valence-electron chi connectivity index (χ3n) is 4.09. The maximum Gasteiger partial charge on any atom is 0.147 e. The molecule has 0 aliphatic heterocycles. The van der Waals surface area contributed by atoms with Gasteiger partial charge in [0.15, 0.2) is 0 Å². The normalized spacial score (nSPS) is 11.9. The summed E-state index contributed by atoms with van der Waals surface area (Å²) in [6, 6.07) is 5.89. The van der Waals surface area contributed by atoms with Gasteiger partial charge in [0.1, 0.15) is 28.7 Å². The van der Waals surface area contributed by atoms with Crippen LogP contribution in [0.15, 0.2) is 24.5 Å². The highest BCUT2D eigenvalue weighted by atomic mass is 35.5. The Morgan fingerprint density at radius 3 is 2.50 bits per heavy atom. The van der Waals surface area contributed by atoms with Crippen molar-refractivity contribution in [3.05, 3.63) is 35.2 Å². The Labute approximate surface area is 146 Å². The summed E-state index contributed by atoms with van der Waals surface area (Å²) < 4.78 is 7.30. The van der Waals surface area contributed by atoms with Crippen molar-refractivity contribution in [3.63, 3.8) is 0 Å². The molecule has 1 aromatic carbocycles. The predicted octanol–water partition coefficient (Wildman–Crippen LogP) is 4.41. The van der Waals surface area contributed by atoms with Crippen molar-refractivity contribution in [1.82, 2.24) is 14.5 Å². The van der Waals surface area contributed by atoms with Crippen LogP contribution in [-0.4, -0.2) is 21.6 Å². The lowest BCUT2D eigenvalue weighted by Gasteiger charge is -2.23. The van der Waals surface area contributed by atoms with Crippen LogP contribution in [0.25, 0.3) is 22.2 Å². The summed E-state index contributed by atoms with van der Waals surface area (Å²) >= 11 is 6.80. The highest BCUT2D eigenvalue weighted by Gasteiger charge is 2.27. The first-order valence-electron chi connectivity index (χ1n) is 7.71. The van der Waals surface area contributed by atoms with Gasteiger partial charge in [0, 0.05) is 11.1 Å². The van der Waals surface area contributed by atoms with Crippen LogP contribution in [0, 0.1) is 6.92 Å². The van der Waals surface area contributed by atoms with E-state index in [0.29, 0.717) is 11.0 Å². The molecular weight excluding hydrogens is 324 g/mol. The van der Waals surface area contributed by atoms with Crippen molar-refractivity contribution in [2.45, 2.75) is 33.2 Å². The fourth-order valence-electron chi connectivity index (χ4n) is 3.01. The number of hydrogen-bond donors (Lipinski definition) is 1. The lowest BCUT2D eigenvalue weighted by molar-refractivity contribution is 0.409. The summed E-state index contributed by atoms with van der Waals surface area (Å²) in [5, 5.41) is 1.39. The van der Waals surface area contributed by atoms with Gasteiger partial charge in [-0.25, -0.2) is 9.97 Å². The quantitative estimate of drug-likeness (QED) is 0.748. The van der Waals surface area contributed by atoms with Crippen LogP contribution in [0.4, 0.5) is 5.82 Å². The molecule has 0 amide bonds. The first-order valence-corrected chi connectivity index (χ1v) is 8.09. The van der Waals surface area contributed by atoms with Crippen molar-refractivity contribution in [3.8, 4) is 16.9 Å². The number of nitrogens with two attached hydrogens (primary N) is 1. The minimum Gasteiger partial charge on any atom is -0.497 e. The summed E-state index contributed by atoms with van der Waals surface area (Å²) in [5.74, 6) is 1.23. The average Bonchev–Trinajstić information content (AvgIpc) is 2.80. The Hall–Kier alpha value is -2.27. The molecule has 0 unspecified atom stereocenters. The topological polar surface area (TPSA) is 66.0 Å². The summed E-state index contributed by atoms with van der Waals surface area (Å²) in [6.45, 7) is 8.28. The van der Waals surface area contributed by atoms with E-state index in [4.69, 9.17) is 22.1 Å². The summed E-state index contributed by atoms with van der Waals surface area (Å²) in [5.41, 5.74) is 9.58. The van der Waals surface area contributed by atoms with E-state index >= 15 is 0 Å². The highest BCUT2D eigenvalue weighted by molar-refractivity contribution is 6.35. The largest absolute Gasteiger partial charge is 0.497 e. The van der Waals surface area contributed by atoms with Crippen LogP contribution in [0.5, 0.6) is 5.75 Å². The van der Waals surface area contributed by atoms with E-state index in [2.05, 4.69) is 30.7 Å². The van der Waals surface area contributed by atoms with E-state index in [1.807, 2.05) is 29.7 Å². The molecule has 0 saturated carbocycles. The van der Waals surface area contributed by atoms with Crippen LogP contribution >= 0.6 is 11.6 Å². The van der Waals surface area contributed by atoms with E-state index in [9.17, 15) is 0 Å². The van der Waals surface area contributed by atoms with Gasteiger partial charge in [0.25, 0.3) is 0 Å². The number of nitrogen functional groups attached to an aromatic ring is 1. The molecule has 6 heteroatoms. The number of benzene rings is 1. The number of aromatic nitrogens is 3. The number of nitrogens with zero attached hydrogens (tertiary/aromatic N) is 3. The molecule has 5 nitrogen and oxygen atoms in total. The monoisotopic (exact) mass is 344 g/mol. The Balaban J connectivity index is 2.43. The van der Waals surface area contributed by atoms with Gasteiger partial charge >= 0.3 is 0 Å². The van der Waals surface area contributed by atoms with Gasteiger partial charge in [-0.05, 0) is 51.0 Å². The van der Waals surface area contributed by atoms with Crippen molar-refractivity contribution in [2.24, 2.45) is 0 Å². The third-order valence-corrected chi connectivity index (χ3v) is 4.45. The number of methoxy groups -OCH3 is 1. The molecule has 0 spiro atoms. The molecule has 0 aliphatic rings. The van der Waals surface area contributed by atoms with Crippen LogP contribution in [0.1, 0.15) is 26.3 Å². The molecule has 2 heterocycles. The molecule has 0 fully saturated rings. The molecule has 3 rings (SSSR count). The molecule has 2 aromatic heterocycles.